The maximum absolute atomic E-state index is 14.1. The summed E-state index contributed by atoms with van der Waals surface area (Å²) in [5.41, 5.74) is 3.42. The monoisotopic (exact) mass is 375 g/mol. The molecule has 1 N–H and O–H groups in total. The molecule has 0 bridgehead atoms. The molecule has 0 radical (unpaired) electrons. The predicted octanol–water partition coefficient (Wildman–Crippen LogP) is 4.64. The minimum atomic E-state index is -0.631. The first-order valence-corrected chi connectivity index (χ1v) is 8.73. The van der Waals surface area contributed by atoms with E-state index in [4.69, 9.17) is 4.74 Å². The molecule has 0 saturated carbocycles. The molecule has 1 aromatic heterocycles. The van der Waals surface area contributed by atoms with Gasteiger partial charge in [0.15, 0.2) is 0 Å². The molecule has 0 aliphatic heterocycles. The molecule has 1 amide bonds. The molecule has 1 heterocycles. The number of hydrogen-bond acceptors (Lipinski definition) is 3. The van der Waals surface area contributed by atoms with Crippen LogP contribution in [0, 0.1) is 5.82 Å². The number of aromatic nitrogens is 2. The van der Waals surface area contributed by atoms with Gasteiger partial charge in [0.1, 0.15) is 17.4 Å². The van der Waals surface area contributed by atoms with Gasteiger partial charge in [-0.05, 0) is 48.5 Å². The third kappa shape index (κ3) is 3.20. The van der Waals surface area contributed by atoms with Gasteiger partial charge in [0.2, 0.25) is 0 Å². The van der Waals surface area contributed by atoms with Crippen LogP contribution in [-0.4, -0.2) is 22.6 Å². The van der Waals surface area contributed by atoms with Gasteiger partial charge in [-0.1, -0.05) is 12.1 Å². The molecule has 0 atom stereocenters. The highest BCUT2D eigenvalue weighted by atomic mass is 19.1. The zero-order chi connectivity index (χ0) is 19.7. The van der Waals surface area contributed by atoms with Crippen molar-refractivity contribution in [3.05, 3.63) is 78.1 Å². The van der Waals surface area contributed by atoms with E-state index in [0.29, 0.717) is 11.4 Å². The Morgan fingerprint density at radius 2 is 1.82 bits per heavy atom. The molecule has 0 aliphatic rings. The first-order chi connectivity index (χ1) is 13.6. The Morgan fingerprint density at radius 1 is 1.07 bits per heavy atom. The number of benzene rings is 3. The lowest BCUT2D eigenvalue weighted by Gasteiger charge is -2.08. The summed E-state index contributed by atoms with van der Waals surface area (Å²) in [5.74, 6) is 0.0462. The van der Waals surface area contributed by atoms with E-state index in [1.807, 2.05) is 48.0 Å². The number of imidazole rings is 1. The van der Waals surface area contributed by atoms with E-state index in [1.54, 1.807) is 18.2 Å². The van der Waals surface area contributed by atoms with Crippen molar-refractivity contribution in [1.29, 1.82) is 0 Å². The van der Waals surface area contributed by atoms with E-state index in [1.165, 1.54) is 19.2 Å². The van der Waals surface area contributed by atoms with Gasteiger partial charge in [-0.2, -0.15) is 0 Å². The van der Waals surface area contributed by atoms with Crippen molar-refractivity contribution < 1.29 is 13.9 Å². The maximum Gasteiger partial charge on any atom is 0.258 e. The van der Waals surface area contributed by atoms with Crippen LogP contribution in [0.4, 0.5) is 10.1 Å². The number of carbonyl (C=O) groups is 1. The number of anilines is 1. The Bertz CT molecular complexity index is 1170. The van der Waals surface area contributed by atoms with Crippen LogP contribution in [0.25, 0.3) is 22.4 Å². The Balaban J connectivity index is 1.56. The molecule has 0 spiro atoms. The lowest BCUT2D eigenvalue weighted by atomic mass is 10.1. The van der Waals surface area contributed by atoms with Crippen LogP contribution in [0.5, 0.6) is 5.75 Å². The average Bonchev–Trinajstić information content (AvgIpc) is 3.05. The van der Waals surface area contributed by atoms with Crippen LogP contribution in [-0.2, 0) is 7.05 Å². The average molecular weight is 375 g/mol. The molecule has 5 nitrogen and oxygen atoms in total. The Morgan fingerprint density at radius 3 is 2.50 bits per heavy atom. The molecule has 0 aliphatic carbocycles. The molecule has 0 saturated heterocycles. The standard InChI is InChI=1S/C22H18FN3O2/c1-26-20-6-4-3-5-19(20)25-21(26)14-7-9-15(10-8-14)24-22(27)17-12-11-16(28-2)13-18(17)23/h3-13H,1-2H3,(H,24,27). The van der Waals surface area contributed by atoms with Crippen molar-refractivity contribution in [2.75, 3.05) is 12.4 Å². The SMILES string of the molecule is COc1ccc(C(=O)Nc2ccc(-c3nc4ccccc4n3C)cc2)c(F)c1. The number of halogens is 1. The number of hydrogen-bond donors (Lipinski definition) is 1. The van der Waals surface area contributed by atoms with Gasteiger partial charge in [0, 0.05) is 24.4 Å². The number of carbonyl (C=O) groups excluding carboxylic acids is 1. The van der Waals surface area contributed by atoms with Crippen LogP contribution in [0.1, 0.15) is 10.4 Å². The van der Waals surface area contributed by atoms with Crippen molar-refractivity contribution in [2.24, 2.45) is 7.05 Å². The summed E-state index contributed by atoms with van der Waals surface area (Å²) in [6.07, 6.45) is 0. The number of para-hydroxylation sites is 2. The molecule has 4 aromatic rings. The smallest absolute Gasteiger partial charge is 0.258 e. The highest BCUT2D eigenvalue weighted by molar-refractivity contribution is 6.04. The van der Waals surface area contributed by atoms with E-state index in [-0.39, 0.29) is 5.56 Å². The lowest BCUT2D eigenvalue weighted by molar-refractivity contribution is 0.102. The van der Waals surface area contributed by atoms with Gasteiger partial charge in [-0.15, -0.1) is 0 Å². The molecular weight excluding hydrogens is 357 g/mol. The summed E-state index contributed by atoms with van der Waals surface area (Å²) in [6.45, 7) is 0. The quantitative estimate of drug-likeness (QED) is 0.565. The zero-order valence-corrected chi connectivity index (χ0v) is 15.4. The maximum atomic E-state index is 14.1. The van der Waals surface area contributed by atoms with Crippen molar-refractivity contribution >= 4 is 22.6 Å². The fourth-order valence-corrected chi connectivity index (χ4v) is 3.11. The Hall–Kier alpha value is -3.67. The summed E-state index contributed by atoms with van der Waals surface area (Å²) in [7, 11) is 3.41. The lowest BCUT2D eigenvalue weighted by Crippen LogP contribution is -2.13. The predicted molar refractivity (Wildman–Crippen MR) is 107 cm³/mol. The normalized spacial score (nSPS) is 10.8. The summed E-state index contributed by atoms with van der Waals surface area (Å²) >= 11 is 0. The minimum absolute atomic E-state index is 0.0415. The summed E-state index contributed by atoms with van der Waals surface area (Å²) in [5, 5.41) is 2.71. The molecule has 28 heavy (non-hydrogen) atoms. The minimum Gasteiger partial charge on any atom is -0.497 e. The second kappa shape index (κ2) is 7.15. The van der Waals surface area contributed by atoms with Crippen LogP contribution >= 0.6 is 0 Å². The van der Waals surface area contributed by atoms with E-state index in [0.717, 1.165) is 22.4 Å². The fraction of sp³-hybridized carbons (Fsp3) is 0.0909. The number of nitrogens with zero attached hydrogens (tertiary/aromatic N) is 2. The Labute approximate surface area is 161 Å². The van der Waals surface area contributed by atoms with Crippen LogP contribution in [0.3, 0.4) is 0 Å². The van der Waals surface area contributed by atoms with Gasteiger partial charge in [0.05, 0.1) is 23.7 Å². The van der Waals surface area contributed by atoms with Crippen molar-refractivity contribution in [1.82, 2.24) is 9.55 Å². The first-order valence-electron chi connectivity index (χ1n) is 8.73. The highest BCUT2D eigenvalue weighted by Gasteiger charge is 2.14. The van der Waals surface area contributed by atoms with Gasteiger partial charge >= 0.3 is 0 Å². The second-order valence-electron chi connectivity index (χ2n) is 6.36. The van der Waals surface area contributed by atoms with E-state index in [2.05, 4.69) is 10.3 Å². The number of aryl methyl sites for hydroxylation is 1. The third-order valence-corrected chi connectivity index (χ3v) is 4.61. The summed E-state index contributed by atoms with van der Waals surface area (Å²) in [6, 6.07) is 19.3. The number of ether oxygens (including phenoxy) is 1. The van der Waals surface area contributed by atoms with Gasteiger partial charge in [-0.25, -0.2) is 9.37 Å². The molecule has 0 fully saturated rings. The fourth-order valence-electron chi connectivity index (χ4n) is 3.11. The zero-order valence-electron chi connectivity index (χ0n) is 15.4. The summed E-state index contributed by atoms with van der Waals surface area (Å²) in [4.78, 5) is 17.0. The van der Waals surface area contributed by atoms with Crippen molar-refractivity contribution in [3.8, 4) is 17.1 Å². The van der Waals surface area contributed by atoms with Crippen molar-refractivity contribution in [3.63, 3.8) is 0 Å². The van der Waals surface area contributed by atoms with Crippen LogP contribution in [0.15, 0.2) is 66.7 Å². The number of methoxy groups -OCH3 is 1. The first kappa shape index (κ1) is 17.7. The number of rotatable bonds is 4. The Kier molecular flexibility index (Phi) is 4.53. The largest absolute Gasteiger partial charge is 0.497 e. The van der Waals surface area contributed by atoms with E-state index >= 15 is 0 Å². The number of amides is 1. The summed E-state index contributed by atoms with van der Waals surface area (Å²) < 4.78 is 21.0. The van der Waals surface area contributed by atoms with Gasteiger partial charge in [0.25, 0.3) is 5.91 Å². The molecular formula is C22H18FN3O2. The molecule has 0 unspecified atom stereocenters. The molecule has 140 valence electrons. The van der Waals surface area contributed by atoms with E-state index < -0.39 is 11.7 Å². The van der Waals surface area contributed by atoms with Crippen LogP contribution < -0.4 is 10.1 Å². The van der Waals surface area contributed by atoms with Gasteiger partial charge < -0.3 is 14.6 Å². The topological polar surface area (TPSA) is 56.1 Å². The molecule has 4 rings (SSSR count). The number of nitrogens with one attached hydrogen (secondary N) is 1. The number of fused-ring (bicyclic) bond motifs is 1. The highest BCUT2D eigenvalue weighted by Crippen LogP contribution is 2.25. The van der Waals surface area contributed by atoms with Crippen molar-refractivity contribution in [2.45, 2.75) is 0 Å². The van der Waals surface area contributed by atoms with E-state index in [9.17, 15) is 9.18 Å². The second-order valence-corrected chi connectivity index (χ2v) is 6.36. The van der Waals surface area contributed by atoms with Crippen LogP contribution in [0.2, 0.25) is 0 Å². The van der Waals surface area contributed by atoms with Gasteiger partial charge in [-0.3, -0.25) is 4.79 Å². The molecule has 6 heteroatoms. The molecule has 3 aromatic carbocycles. The third-order valence-electron chi connectivity index (χ3n) is 4.61.